The van der Waals surface area contributed by atoms with Gasteiger partial charge in [-0.1, -0.05) is 43.7 Å². The van der Waals surface area contributed by atoms with Gasteiger partial charge in [-0.05, 0) is 48.7 Å². The van der Waals surface area contributed by atoms with Crippen LogP contribution in [0.2, 0.25) is 0 Å². The predicted octanol–water partition coefficient (Wildman–Crippen LogP) is 4.26. The molecule has 1 aliphatic heterocycles. The van der Waals surface area contributed by atoms with E-state index in [2.05, 4.69) is 17.1 Å². The second kappa shape index (κ2) is 7.92. The van der Waals surface area contributed by atoms with Gasteiger partial charge in [0, 0.05) is 5.56 Å². The number of aromatic nitrogens is 3. The van der Waals surface area contributed by atoms with Crippen molar-refractivity contribution in [3.63, 3.8) is 0 Å². The number of amides is 2. The molecule has 0 radical (unpaired) electrons. The van der Waals surface area contributed by atoms with Crippen molar-refractivity contribution in [2.75, 3.05) is 0 Å². The highest BCUT2D eigenvalue weighted by Gasteiger charge is 2.35. The van der Waals surface area contributed by atoms with Crippen LogP contribution < -0.4 is 0 Å². The first-order chi connectivity index (χ1) is 15.6. The number of aryl methyl sites for hydroxylation is 1. The van der Waals surface area contributed by atoms with Gasteiger partial charge in [-0.25, -0.2) is 0 Å². The average molecular weight is 426 g/mol. The maximum absolute atomic E-state index is 12.8. The maximum Gasteiger partial charge on any atom is 0.261 e. The highest BCUT2D eigenvalue weighted by Crippen LogP contribution is 2.32. The van der Waals surface area contributed by atoms with Crippen LogP contribution in [-0.2, 0) is 13.0 Å². The number of aromatic hydroxyl groups is 1. The highest BCUT2D eigenvalue weighted by atomic mass is 16.3. The first-order valence-corrected chi connectivity index (χ1v) is 10.7. The summed E-state index contributed by atoms with van der Waals surface area (Å²) < 4.78 is 0. The van der Waals surface area contributed by atoms with E-state index in [1.165, 1.54) is 9.70 Å². The fraction of sp³-hybridized carbons (Fsp3) is 0.200. The van der Waals surface area contributed by atoms with Crippen molar-refractivity contribution in [3.8, 4) is 11.4 Å². The van der Waals surface area contributed by atoms with Gasteiger partial charge in [0.15, 0.2) is 0 Å². The lowest BCUT2D eigenvalue weighted by Crippen LogP contribution is -2.29. The summed E-state index contributed by atoms with van der Waals surface area (Å²) in [7, 11) is 0. The molecule has 2 amide bonds. The van der Waals surface area contributed by atoms with Crippen molar-refractivity contribution in [2.24, 2.45) is 0 Å². The first kappa shape index (κ1) is 19.9. The topological polar surface area (TPSA) is 88.3 Å². The fourth-order valence-corrected chi connectivity index (χ4v) is 4.06. The molecule has 1 aliphatic rings. The number of phenolic OH excluding ortho intramolecular Hbond substituents is 1. The number of carbonyl (C=O) groups is 2. The third-order valence-electron chi connectivity index (χ3n) is 5.76. The largest absolute Gasteiger partial charge is 0.505 e. The van der Waals surface area contributed by atoms with E-state index in [9.17, 15) is 14.7 Å². The lowest BCUT2D eigenvalue weighted by Gasteiger charge is -2.17. The molecule has 4 aromatic rings. The van der Waals surface area contributed by atoms with Crippen LogP contribution in [0.1, 0.15) is 51.6 Å². The minimum atomic E-state index is -0.353. The molecule has 3 aromatic carbocycles. The summed E-state index contributed by atoms with van der Waals surface area (Å²) in [6.45, 7) is 2.09. The molecule has 0 saturated carbocycles. The Bertz CT molecular complexity index is 1290. The van der Waals surface area contributed by atoms with Crippen LogP contribution in [0.15, 0.2) is 60.7 Å². The Morgan fingerprint density at radius 3 is 2.06 bits per heavy atom. The molecule has 0 saturated heterocycles. The van der Waals surface area contributed by atoms with E-state index in [0.717, 1.165) is 24.8 Å². The van der Waals surface area contributed by atoms with Crippen LogP contribution in [0.3, 0.4) is 0 Å². The number of hydrogen-bond donors (Lipinski definition) is 1. The lowest BCUT2D eigenvalue weighted by molar-refractivity contribution is 0.0641. The summed E-state index contributed by atoms with van der Waals surface area (Å²) in [5, 5.41) is 20.1. The SMILES string of the molecule is CCCCc1cc(CN2C(=O)c3ccccc3C2=O)c(O)c(-n2nc3ccccc3n2)c1. The highest BCUT2D eigenvalue weighted by molar-refractivity contribution is 6.21. The van der Waals surface area contributed by atoms with Gasteiger partial charge >= 0.3 is 0 Å². The Labute approximate surface area is 184 Å². The summed E-state index contributed by atoms with van der Waals surface area (Å²) in [5.41, 5.74) is 4.12. The quantitative estimate of drug-likeness (QED) is 0.465. The number of hydrogen-bond acceptors (Lipinski definition) is 5. The Kier molecular flexibility index (Phi) is 4.93. The molecule has 1 aromatic heterocycles. The molecule has 0 atom stereocenters. The van der Waals surface area contributed by atoms with Gasteiger partial charge in [0.2, 0.25) is 0 Å². The number of imide groups is 1. The van der Waals surface area contributed by atoms with Crippen molar-refractivity contribution in [1.29, 1.82) is 0 Å². The summed E-state index contributed by atoms with van der Waals surface area (Å²) in [5.74, 6) is -0.746. The van der Waals surface area contributed by atoms with E-state index in [4.69, 9.17) is 0 Å². The zero-order valence-corrected chi connectivity index (χ0v) is 17.7. The minimum absolute atomic E-state index is 0.0219. The third-order valence-corrected chi connectivity index (χ3v) is 5.76. The lowest BCUT2D eigenvalue weighted by atomic mass is 10.0. The average Bonchev–Trinajstić information content (AvgIpc) is 3.34. The van der Waals surface area contributed by atoms with Crippen LogP contribution in [0.25, 0.3) is 16.7 Å². The monoisotopic (exact) mass is 426 g/mol. The van der Waals surface area contributed by atoms with Gasteiger partial charge in [-0.3, -0.25) is 14.5 Å². The number of rotatable bonds is 6. The van der Waals surface area contributed by atoms with Crippen molar-refractivity contribution >= 4 is 22.8 Å². The normalized spacial score (nSPS) is 13.2. The standard InChI is InChI=1S/C25H22N4O3/c1-2-3-8-16-13-17(15-28-24(31)18-9-4-5-10-19(18)25(28)32)23(30)22(14-16)29-26-20-11-6-7-12-21(20)27-29/h4-7,9-14,30H,2-3,8,15H2,1H3. The van der Waals surface area contributed by atoms with E-state index >= 15 is 0 Å². The summed E-state index contributed by atoms with van der Waals surface area (Å²) in [6, 6.07) is 18.0. The third kappa shape index (κ3) is 3.32. The molecular formula is C25H22N4O3. The van der Waals surface area contributed by atoms with Gasteiger partial charge in [0.1, 0.15) is 22.5 Å². The number of fused-ring (bicyclic) bond motifs is 2. The predicted molar refractivity (Wildman–Crippen MR) is 120 cm³/mol. The summed E-state index contributed by atoms with van der Waals surface area (Å²) in [4.78, 5) is 28.3. The molecule has 1 N–H and O–H groups in total. The van der Waals surface area contributed by atoms with Crippen LogP contribution in [0.4, 0.5) is 0 Å². The van der Waals surface area contributed by atoms with Crippen LogP contribution in [-0.4, -0.2) is 36.8 Å². The Hall–Kier alpha value is -4.00. The van der Waals surface area contributed by atoms with Gasteiger partial charge in [-0.2, -0.15) is 0 Å². The van der Waals surface area contributed by atoms with Crippen LogP contribution in [0.5, 0.6) is 5.75 Å². The van der Waals surface area contributed by atoms with Crippen LogP contribution >= 0.6 is 0 Å². The zero-order chi connectivity index (χ0) is 22.2. The maximum atomic E-state index is 12.8. The number of unbranched alkanes of at least 4 members (excludes halogenated alkanes) is 1. The zero-order valence-electron chi connectivity index (χ0n) is 17.7. The smallest absolute Gasteiger partial charge is 0.261 e. The van der Waals surface area contributed by atoms with Crippen LogP contribution in [0, 0.1) is 0 Å². The van der Waals surface area contributed by atoms with E-state index in [1.54, 1.807) is 24.3 Å². The molecule has 160 valence electrons. The molecule has 0 aliphatic carbocycles. The minimum Gasteiger partial charge on any atom is -0.505 e. The molecule has 32 heavy (non-hydrogen) atoms. The van der Waals surface area contributed by atoms with Crippen molar-refractivity contribution in [1.82, 2.24) is 19.9 Å². The van der Waals surface area contributed by atoms with E-state index in [1.807, 2.05) is 36.4 Å². The van der Waals surface area contributed by atoms with Crippen molar-refractivity contribution < 1.29 is 14.7 Å². The Morgan fingerprint density at radius 2 is 1.47 bits per heavy atom. The Morgan fingerprint density at radius 1 is 0.875 bits per heavy atom. The second-order valence-corrected chi connectivity index (χ2v) is 7.95. The molecule has 0 bridgehead atoms. The number of carbonyl (C=O) groups excluding carboxylic acids is 2. The number of phenols is 1. The van der Waals surface area contributed by atoms with E-state index < -0.39 is 0 Å². The van der Waals surface area contributed by atoms with E-state index in [-0.39, 0.29) is 24.1 Å². The summed E-state index contributed by atoms with van der Waals surface area (Å²) in [6.07, 6.45) is 2.80. The molecule has 0 spiro atoms. The molecule has 7 nitrogen and oxygen atoms in total. The Balaban J connectivity index is 1.57. The molecule has 7 heteroatoms. The molecular weight excluding hydrogens is 404 g/mol. The number of benzene rings is 3. The van der Waals surface area contributed by atoms with Gasteiger partial charge in [0.25, 0.3) is 11.8 Å². The molecule has 2 heterocycles. The van der Waals surface area contributed by atoms with Gasteiger partial charge in [-0.15, -0.1) is 15.0 Å². The van der Waals surface area contributed by atoms with Gasteiger partial charge in [0.05, 0.1) is 17.7 Å². The second-order valence-electron chi connectivity index (χ2n) is 7.95. The van der Waals surface area contributed by atoms with E-state index in [0.29, 0.717) is 33.4 Å². The first-order valence-electron chi connectivity index (χ1n) is 10.7. The molecule has 0 fully saturated rings. The van der Waals surface area contributed by atoms with Crippen molar-refractivity contribution in [2.45, 2.75) is 32.7 Å². The van der Waals surface area contributed by atoms with Gasteiger partial charge < -0.3 is 5.11 Å². The molecule has 0 unspecified atom stereocenters. The fourth-order valence-electron chi connectivity index (χ4n) is 4.06. The summed E-state index contributed by atoms with van der Waals surface area (Å²) >= 11 is 0. The number of nitrogens with zero attached hydrogens (tertiary/aromatic N) is 4. The molecule has 5 rings (SSSR count). The van der Waals surface area contributed by atoms with Crippen molar-refractivity contribution in [3.05, 3.63) is 82.9 Å².